The number of methoxy groups -OCH3 is 1. The van der Waals surface area contributed by atoms with Crippen LogP contribution in [0.3, 0.4) is 0 Å². The first-order valence-electron chi connectivity index (χ1n) is 9.76. The second-order valence-corrected chi connectivity index (χ2v) is 7.17. The van der Waals surface area contributed by atoms with Gasteiger partial charge < -0.3 is 15.0 Å². The minimum absolute atomic E-state index is 0.165. The Kier molecular flexibility index (Phi) is 7.54. The Morgan fingerprint density at radius 2 is 2.00 bits per heavy atom. The fourth-order valence-corrected chi connectivity index (χ4v) is 3.24. The Morgan fingerprint density at radius 3 is 2.73 bits per heavy atom. The fraction of sp³-hybridized carbons (Fsp3) is 0.318. The number of halogens is 2. The second-order valence-electron chi connectivity index (χ2n) is 6.74. The molecule has 1 N–H and O–H groups in total. The highest BCUT2D eigenvalue weighted by Gasteiger charge is 2.16. The van der Waals surface area contributed by atoms with Crippen LogP contribution in [-0.4, -0.2) is 42.7 Å². The normalized spacial score (nSPS) is 10.9. The third-order valence-corrected chi connectivity index (χ3v) is 4.86. The standard InChI is InChI=1S/C22H24ClFN4O2/c1-3-20-25-19-14-15(23)8-9-16(19)22(27-20)28(12-13-30-2)11-10-21(29)26-18-7-5-4-6-17(18)24/h4-9,14H,3,10-13H2,1-2H3,(H,26,29). The summed E-state index contributed by atoms with van der Waals surface area (Å²) in [6.07, 6.45) is 0.833. The molecule has 6 nitrogen and oxygen atoms in total. The first-order chi connectivity index (χ1) is 14.5. The van der Waals surface area contributed by atoms with Crippen molar-refractivity contribution < 1.29 is 13.9 Å². The average Bonchev–Trinajstić information content (AvgIpc) is 2.74. The van der Waals surface area contributed by atoms with Crippen LogP contribution in [0.15, 0.2) is 42.5 Å². The van der Waals surface area contributed by atoms with Crippen LogP contribution in [0.4, 0.5) is 15.9 Å². The van der Waals surface area contributed by atoms with Crippen molar-refractivity contribution >= 4 is 39.9 Å². The van der Waals surface area contributed by atoms with E-state index in [0.717, 1.165) is 16.7 Å². The number of nitrogens with zero attached hydrogens (tertiary/aromatic N) is 3. The minimum atomic E-state index is -0.464. The van der Waals surface area contributed by atoms with Gasteiger partial charge in [-0.2, -0.15) is 0 Å². The number of carbonyl (C=O) groups excluding carboxylic acids is 1. The van der Waals surface area contributed by atoms with E-state index in [9.17, 15) is 9.18 Å². The zero-order chi connectivity index (χ0) is 21.5. The van der Waals surface area contributed by atoms with Gasteiger partial charge in [-0.25, -0.2) is 14.4 Å². The van der Waals surface area contributed by atoms with Crippen LogP contribution in [0.1, 0.15) is 19.2 Å². The molecule has 158 valence electrons. The lowest BCUT2D eigenvalue weighted by Crippen LogP contribution is -2.32. The highest BCUT2D eigenvalue weighted by atomic mass is 35.5. The summed E-state index contributed by atoms with van der Waals surface area (Å²) >= 11 is 6.14. The minimum Gasteiger partial charge on any atom is -0.383 e. The van der Waals surface area contributed by atoms with Crippen LogP contribution < -0.4 is 10.2 Å². The number of amides is 1. The quantitative estimate of drug-likeness (QED) is 0.542. The van der Waals surface area contributed by atoms with Gasteiger partial charge in [-0.05, 0) is 30.3 Å². The molecule has 1 amide bonds. The van der Waals surface area contributed by atoms with Crippen molar-refractivity contribution in [2.45, 2.75) is 19.8 Å². The summed E-state index contributed by atoms with van der Waals surface area (Å²) in [6, 6.07) is 11.6. The molecule has 3 rings (SSSR count). The lowest BCUT2D eigenvalue weighted by Gasteiger charge is -2.25. The molecule has 0 unspecified atom stereocenters. The van der Waals surface area contributed by atoms with Gasteiger partial charge in [-0.3, -0.25) is 4.79 Å². The van der Waals surface area contributed by atoms with Crippen LogP contribution in [0, 0.1) is 5.82 Å². The van der Waals surface area contributed by atoms with E-state index in [0.29, 0.717) is 37.0 Å². The van der Waals surface area contributed by atoms with E-state index in [1.54, 1.807) is 31.4 Å². The van der Waals surface area contributed by atoms with Crippen molar-refractivity contribution in [3.63, 3.8) is 0 Å². The topological polar surface area (TPSA) is 67.4 Å². The summed E-state index contributed by atoms with van der Waals surface area (Å²) in [5.41, 5.74) is 0.920. The van der Waals surface area contributed by atoms with Crippen molar-refractivity contribution in [1.29, 1.82) is 0 Å². The molecule has 0 fully saturated rings. The van der Waals surface area contributed by atoms with Gasteiger partial charge >= 0.3 is 0 Å². The summed E-state index contributed by atoms with van der Waals surface area (Å²) in [7, 11) is 1.62. The van der Waals surface area contributed by atoms with Gasteiger partial charge in [0.25, 0.3) is 0 Å². The Hall–Kier alpha value is -2.77. The van der Waals surface area contributed by atoms with E-state index in [4.69, 9.17) is 21.3 Å². The van der Waals surface area contributed by atoms with E-state index in [1.807, 2.05) is 17.9 Å². The number of rotatable bonds is 9. The molecule has 1 aromatic heterocycles. The van der Waals surface area contributed by atoms with Gasteiger partial charge in [0.2, 0.25) is 5.91 Å². The van der Waals surface area contributed by atoms with Gasteiger partial charge in [0.1, 0.15) is 17.5 Å². The van der Waals surface area contributed by atoms with Crippen molar-refractivity contribution in [2.24, 2.45) is 0 Å². The van der Waals surface area contributed by atoms with Gasteiger partial charge in [0.15, 0.2) is 0 Å². The summed E-state index contributed by atoms with van der Waals surface area (Å²) in [6.45, 7) is 3.38. The number of hydrogen-bond acceptors (Lipinski definition) is 5. The number of aryl methyl sites for hydroxylation is 1. The Morgan fingerprint density at radius 1 is 1.20 bits per heavy atom. The van der Waals surface area contributed by atoms with Gasteiger partial charge in [0.05, 0.1) is 17.8 Å². The van der Waals surface area contributed by atoms with E-state index >= 15 is 0 Å². The summed E-state index contributed by atoms with van der Waals surface area (Å²) in [4.78, 5) is 23.7. The number of aromatic nitrogens is 2. The van der Waals surface area contributed by atoms with Crippen LogP contribution in [-0.2, 0) is 16.0 Å². The zero-order valence-corrected chi connectivity index (χ0v) is 17.7. The molecule has 0 aliphatic heterocycles. The highest BCUT2D eigenvalue weighted by molar-refractivity contribution is 6.31. The van der Waals surface area contributed by atoms with Crippen LogP contribution >= 0.6 is 11.6 Å². The Balaban J connectivity index is 1.83. The molecule has 2 aromatic carbocycles. The molecule has 30 heavy (non-hydrogen) atoms. The molecular weight excluding hydrogens is 407 g/mol. The molecule has 0 atom stereocenters. The number of ether oxygens (including phenoxy) is 1. The monoisotopic (exact) mass is 430 g/mol. The molecule has 0 aliphatic rings. The van der Waals surface area contributed by atoms with E-state index in [1.165, 1.54) is 12.1 Å². The van der Waals surface area contributed by atoms with Gasteiger partial charge in [-0.15, -0.1) is 0 Å². The van der Waals surface area contributed by atoms with Gasteiger partial charge in [-0.1, -0.05) is 30.7 Å². The van der Waals surface area contributed by atoms with Gasteiger partial charge in [0, 0.05) is 43.4 Å². The molecule has 0 spiro atoms. The number of fused-ring (bicyclic) bond motifs is 1. The summed E-state index contributed by atoms with van der Waals surface area (Å²) < 4.78 is 19.0. The molecule has 0 bridgehead atoms. The molecule has 1 heterocycles. The van der Waals surface area contributed by atoms with Crippen LogP contribution in [0.5, 0.6) is 0 Å². The van der Waals surface area contributed by atoms with E-state index in [-0.39, 0.29) is 18.0 Å². The van der Waals surface area contributed by atoms with Crippen molar-refractivity contribution in [3.05, 3.63) is 59.1 Å². The highest BCUT2D eigenvalue weighted by Crippen LogP contribution is 2.27. The number of para-hydroxylation sites is 1. The Bertz CT molecular complexity index is 1030. The predicted molar refractivity (Wildman–Crippen MR) is 118 cm³/mol. The second kappa shape index (κ2) is 10.3. The fourth-order valence-electron chi connectivity index (χ4n) is 3.07. The SMILES string of the molecule is CCc1nc(N(CCOC)CCC(=O)Nc2ccccc2F)c2ccc(Cl)cc2n1. The molecule has 8 heteroatoms. The molecular formula is C22H24ClFN4O2. The maximum Gasteiger partial charge on any atom is 0.226 e. The van der Waals surface area contributed by atoms with Crippen molar-refractivity contribution in [2.75, 3.05) is 37.0 Å². The summed E-state index contributed by atoms with van der Waals surface area (Å²) in [5, 5.41) is 4.07. The molecule has 0 saturated heterocycles. The first kappa shape index (κ1) is 21.9. The smallest absolute Gasteiger partial charge is 0.226 e. The number of benzene rings is 2. The van der Waals surface area contributed by atoms with Crippen LogP contribution in [0.2, 0.25) is 5.02 Å². The summed E-state index contributed by atoms with van der Waals surface area (Å²) in [5.74, 6) is 0.676. The lowest BCUT2D eigenvalue weighted by atomic mass is 10.2. The lowest BCUT2D eigenvalue weighted by molar-refractivity contribution is -0.116. The zero-order valence-electron chi connectivity index (χ0n) is 17.0. The predicted octanol–water partition coefficient (Wildman–Crippen LogP) is 4.47. The Labute approximate surface area is 180 Å². The molecule has 0 radical (unpaired) electrons. The number of carbonyl (C=O) groups is 1. The van der Waals surface area contributed by atoms with E-state index < -0.39 is 5.82 Å². The van der Waals surface area contributed by atoms with Crippen LogP contribution in [0.25, 0.3) is 10.9 Å². The number of nitrogens with one attached hydrogen (secondary N) is 1. The molecule has 0 aliphatic carbocycles. The number of hydrogen-bond donors (Lipinski definition) is 1. The van der Waals surface area contributed by atoms with Crippen molar-refractivity contribution in [1.82, 2.24) is 9.97 Å². The third-order valence-electron chi connectivity index (χ3n) is 4.62. The van der Waals surface area contributed by atoms with E-state index in [2.05, 4.69) is 10.3 Å². The third kappa shape index (κ3) is 5.43. The maximum absolute atomic E-state index is 13.8. The largest absolute Gasteiger partial charge is 0.383 e. The number of anilines is 2. The molecule has 3 aromatic rings. The molecule has 0 saturated carbocycles. The maximum atomic E-state index is 13.8. The van der Waals surface area contributed by atoms with Crippen molar-refractivity contribution in [3.8, 4) is 0 Å². The average molecular weight is 431 g/mol. The first-order valence-corrected chi connectivity index (χ1v) is 10.1.